The van der Waals surface area contributed by atoms with Crippen molar-refractivity contribution < 1.29 is 37.2 Å². The SMILES string of the molecule is [CH2]COP(=O)(OCCC#N)OCC(COC(=O)CCCCCCCCCCCCCCCCC)OC(=O)CCCCCCCCCCCCCCCCC. The molecular weight excluding hydrogens is 701 g/mol. The van der Waals surface area contributed by atoms with E-state index in [2.05, 4.69) is 20.8 Å². The zero-order valence-electron chi connectivity index (χ0n) is 35.1. The molecule has 0 N–H and O–H groups in total. The maximum atomic E-state index is 12.9. The first-order valence-electron chi connectivity index (χ1n) is 22.5. The number of nitrogens with zero attached hydrogens (tertiary/aromatic N) is 1. The number of carbonyl (C=O) groups excluding carboxylic acids is 2. The Labute approximate surface area is 332 Å². The van der Waals surface area contributed by atoms with Gasteiger partial charge >= 0.3 is 19.8 Å². The van der Waals surface area contributed by atoms with Gasteiger partial charge in [-0.25, -0.2) is 4.57 Å². The van der Waals surface area contributed by atoms with Gasteiger partial charge < -0.3 is 9.47 Å². The quantitative estimate of drug-likeness (QED) is 0.0338. The summed E-state index contributed by atoms with van der Waals surface area (Å²) in [5, 5.41) is 8.80. The van der Waals surface area contributed by atoms with E-state index in [0.29, 0.717) is 12.8 Å². The molecule has 2 unspecified atom stereocenters. The number of phosphoric acid groups is 1. The van der Waals surface area contributed by atoms with Crippen LogP contribution in [0.5, 0.6) is 0 Å². The standard InChI is InChI=1S/C44H83NO8P/c1-4-7-9-11-13-15-17-19-21-23-25-27-29-31-33-36-43(46)49-40-42(41-52-54(48,50-6-3)51-39-35-38-45)53-44(47)37-34-32-30-28-26-24-22-20-18-16-14-12-10-8-5-2/h42H,3-37,39-41H2,1-2H3. The van der Waals surface area contributed by atoms with E-state index in [1.165, 1.54) is 154 Å². The molecule has 0 saturated heterocycles. The van der Waals surface area contributed by atoms with Crippen LogP contribution in [0.1, 0.15) is 226 Å². The van der Waals surface area contributed by atoms with Gasteiger partial charge in [-0.05, 0) is 19.8 Å². The minimum Gasteiger partial charge on any atom is -0.462 e. The average molecular weight is 785 g/mol. The number of rotatable bonds is 43. The fraction of sp³-hybridized carbons (Fsp3) is 0.909. The van der Waals surface area contributed by atoms with Crippen molar-refractivity contribution in [3.63, 3.8) is 0 Å². The van der Waals surface area contributed by atoms with Gasteiger partial charge in [-0.3, -0.25) is 23.2 Å². The lowest BCUT2D eigenvalue weighted by molar-refractivity contribution is -0.161. The molecule has 0 aliphatic carbocycles. The molecule has 10 heteroatoms. The minimum atomic E-state index is -4.04. The van der Waals surface area contributed by atoms with Crippen molar-refractivity contribution in [2.75, 3.05) is 26.4 Å². The van der Waals surface area contributed by atoms with E-state index >= 15 is 0 Å². The van der Waals surface area contributed by atoms with Gasteiger partial charge in [0.2, 0.25) is 0 Å². The minimum absolute atomic E-state index is 0.00242. The summed E-state index contributed by atoms with van der Waals surface area (Å²) in [5.74, 6) is -0.786. The van der Waals surface area contributed by atoms with Crippen molar-refractivity contribution in [3.05, 3.63) is 6.92 Å². The highest BCUT2D eigenvalue weighted by atomic mass is 31.2. The van der Waals surface area contributed by atoms with Gasteiger partial charge in [0.1, 0.15) is 6.61 Å². The van der Waals surface area contributed by atoms with Gasteiger partial charge in [-0.1, -0.05) is 194 Å². The van der Waals surface area contributed by atoms with Crippen LogP contribution in [-0.4, -0.2) is 44.5 Å². The first kappa shape index (κ1) is 52.5. The van der Waals surface area contributed by atoms with Gasteiger partial charge in [-0.2, -0.15) is 5.26 Å². The lowest BCUT2D eigenvalue weighted by atomic mass is 10.0. The van der Waals surface area contributed by atoms with Gasteiger partial charge in [0, 0.05) is 12.8 Å². The number of unbranched alkanes of at least 4 members (excludes halogenated alkanes) is 28. The molecule has 0 spiro atoms. The van der Waals surface area contributed by atoms with Crippen molar-refractivity contribution in [2.45, 2.75) is 232 Å². The van der Waals surface area contributed by atoms with Gasteiger partial charge in [0.15, 0.2) is 6.10 Å². The Morgan fingerprint density at radius 1 is 0.537 bits per heavy atom. The third kappa shape index (κ3) is 37.5. The maximum absolute atomic E-state index is 12.9. The van der Waals surface area contributed by atoms with Crippen molar-refractivity contribution in [3.8, 4) is 6.07 Å². The second-order valence-electron chi connectivity index (χ2n) is 15.0. The number of carbonyl (C=O) groups is 2. The summed E-state index contributed by atoms with van der Waals surface area (Å²) in [6.45, 7) is 7.16. The number of hydrogen-bond donors (Lipinski definition) is 0. The summed E-state index contributed by atoms with van der Waals surface area (Å²) >= 11 is 0. The van der Waals surface area contributed by atoms with E-state index < -0.39 is 19.9 Å². The molecule has 317 valence electrons. The van der Waals surface area contributed by atoms with Crippen LogP contribution in [0.25, 0.3) is 0 Å². The fourth-order valence-corrected chi connectivity index (χ4v) is 7.61. The molecule has 0 aromatic rings. The van der Waals surface area contributed by atoms with Crippen LogP contribution in [-0.2, 0) is 37.2 Å². The van der Waals surface area contributed by atoms with Gasteiger partial charge in [0.05, 0.1) is 32.3 Å². The molecule has 0 amide bonds. The highest BCUT2D eigenvalue weighted by Crippen LogP contribution is 2.49. The zero-order valence-corrected chi connectivity index (χ0v) is 36.0. The van der Waals surface area contributed by atoms with E-state index in [-0.39, 0.29) is 45.2 Å². The third-order valence-corrected chi connectivity index (χ3v) is 11.3. The van der Waals surface area contributed by atoms with E-state index in [1.807, 2.05) is 6.07 Å². The molecule has 0 rings (SSSR count). The highest BCUT2D eigenvalue weighted by molar-refractivity contribution is 7.48. The predicted octanol–water partition coefficient (Wildman–Crippen LogP) is 13.9. The van der Waals surface area contributed by atoms with Crippen molar-refractivity contribution in [2.24, 2.45) is 0 Å². The lowest BCUT2D eigenvalue weighted by Gasteiger charge is -2.21. The van der Waals surface area contributed by atoms with Crippen LogP contribution in [0.4, 0.5) is 0 Å². The van der Waals surface area contributed by atoms with Gasteiger partial charge in [-0.15, -0.1) is 0 Å². The smallest absolute Gasteiger partial charge is 0.462 e. The van der Waals surface area contributed by atoms with Crippen LogP contribution in [0.2, 0.25) is 0 Å². The second kappa shape index (κ2) is 41.2. The zero-order chi connectivity index (χ0) is 39.6. The molecule has 0 bridgehead atoms. The third-order valence-electron chi connectivity index (χ3n) is 9.83. The summed E-state index contributed by atoms with van der Waals surface area (Å²) in [4.78, 5) is 25.3. The summed E-state index contributed by atoms with van der Waals surface area (Å²) < 4.78 is 39.7. The molecule has 54 heavy (non-hydrogen) atoms. The highest BCUT2D eigenvalue weighted by Gasteiger charge is 2.29. The normalized spacial score (nSPS) is 13.0. The second-order valence-corrected chi connectivity index (χ2v) is 16.7. The van der Waals surface area contributed by atoms with Crippen molar-refractivity contribution >= 4 is 19.8 Å². The molecule has 1 radical (unpaired) electrons. The molecule has 0 aromatic carbocycles. The predicted molar refractivity (Wildman–Crippen MR) is 221 cm³/mol. The molecule has 0 aliphatic rings. The Hall–Kier alpha value is -1.46. The molecule has 2 atom stereocenters. The summed E-state index contributed by atoms with van der Waals surface area (Å²) in [5.41, 5.74) is 0. The Kier molecular flexibility index (Phi) is 40.1. The lowest BCUT2D eigenvalue weighted by Crippen LogP contribution is -2.29. The molecule has 0 fully saturated rings. The van der Waals surface area contributed by atoms with Crippen molar-refractivity contribution in [1.82, 2.24) is 0 Å². The van der Waals surface area contributed by atoms with E-state index in [4.69, 9.17) is 28.3 Å². The number of esters is 2. The number of hydrogen-bond acceptors (Lipinski definition) is 9. The topological polar surface area (TPSA) is 121 Å². The van der Waals surface area contributed by atoms with E-state index in [1.54, 1.807) is 0 Å². The largest absolute Gasteiger partial charge is 0.474 e. The van der Waals surface area contributed by atoms with E-state index in [9.17, 15) is 14.2 Å². The summed E-state index contributed by atoms with van der Waals surface area (Å²) in [7, 11) is -4.04. The van der Waals surface area contributed by atoms with Crippen LogP contribution >= 0.6 is 7.82 Å². The Bertz CT molecular complexity index is 927. The molecule has 0 heterocycles. The average Bonchev–Trinajstić information content (AvgIpc) is 3.16. The van der Waals surface area contributed by atoms with Crippen LogP contribution < -0.4 is 0 Å². The molecule has 9 nitrogen and oxygen atoms in total. The van der Waals surface area contributed by atoms with Crippen molar-refractivity contribution in [1.29, 1.82) is 5.26 Å². The monoisotopic (exact) mass is 785 g/mol. The molecular formula is C44H83NO8P. The number of nitriles is 1. The molecule has 0 aromatic heterocycles. The Morgan fingerprint density at radius 2 is 0.907 bits per heavy atom. The number of phosphoric ester groups is 1. The fourth-order valence-electron chi connectivity index (χ4n) is 6.50. The van der Waals surface area contributed by atoms with E-state index in [0.717, 1.165) is 32.1 Å². The van der Waals surface area contributed by atoms with Crippen LogP contribution in [0, 0.1) is 18.3 Å². The molecule has 0 saturated carbocycles. The summed E-state index contributed by atoms with van der Waals surface area (Å²) in [6, 6.07) is 1.91. The van der Waals surface area contributed by atoms with Crippen LogP contribution in [0.15, 0.2) is 0 Å². The van der Waals surface area contributed by atoms with Crippen LogP contribution in [0.3, 0.4) is 0 Å². The number of ether oxygens (including phenoxy) is 2. The van der Waals surface area contributed by atoms with Gasteiger partial charge in [0.25, 0.3) is 0 Å². The Balaban J connectivity index is 4.35. The Morgan fingerprint density at radius 3 is 1.28 bits per heavy atom. The molecule has 0 aliphatic heterocycles. The maximum Gasteiger partial charge on any atom is 0.474 e. The summed E-state index contributed by atoms with van der Waals surface area (Å²) in [6.07, 6.45) is 37.0. The first-order valence-corrected chi connectivity index (χ1v) is 23.9. The first-order chi connectivity index (χ1) is 26.4.